The van der Waals surface area contributed by atoms with Crippen molar-refractivity contribution < 1.29 is 18.0 Å². The number of nitrogens with zero attached hydrogens (tertiary/aromatic N) is 6. The molecule has 10 heteroatoms. The van der Waals surface area contributed by atoms with Crippen LogP contribution in [0.2, 0.25) is 0 Å². The molecule has 1 amide bonds. The van der Waals surface area contributed by atoms with Crippen molar-refractivity contribution in [1.82, 2.24) is 24.8 Å². The summed E-state index contributed by atoms with van der Waals surface area (Å²) in [4.78, 5) is 30.6. The van der Waals surface area contributed by atoms with Gasteiger partial charge in [-0.25, -0.2) is 9.97 Å². The van der Waals surface area contributed by atoms with Crippen LogP contribution in [0, 0.1) is 6.92 Å². The topological polar surface area (TPSA) is 65.5 Å². The Balaban J connectivity index is 1.31. The Labute approximate surface area is 178 Å². The highest BCUT2D eigenvalue weighted by Crippen LogP contribution is 2.29. The van der Waals surface area contributed by atoms with E-state index >= 15 is 0 Å². The van der Waals surface area contributed by atoms with Crippen LogP contribution in [0.4, 0.5) is 19.1 Å². The first-order chi connectivity index (χ1) is 14.8. The van der Waals surface area contributed by atoms with E-state index in [9.17, 15) is 18.0 Å². The van der Waals surface area contributed by atoms with Crippen molar-refractivity contribution in [1.29, 1.82) is 0 Å². The molecule has 2 fully saturated rings. The molecular weight excluding hydrogens is 409 g/mol. The van der Waals surface area contributed by atoms with Crippen LogP contribution in [0.25, 0.3) is 0 Å². The van der Waals surface area contributed by atoms with Crippen LogP contribution in [-0.4, -0.2) is 76.0 Å². The molecule has 4 heterocycles. The van der Waals surface area contributed by atoms with Crippen molar-refractivity contribution in [3.05, 3.63) is 47.5 Å². The highest BCUT2D eigenvalue weighted by atomic mass is 19.4. The van der Waals surface area contributed by atoms with E-state index in [2.05, 4.69) is 19.9 Å². The summed E-state index contributed by atoms with van der Waals surface area (Å²) in [5.74, 6) is 0.174. The number of carbonyl (C=O) groups excluding carboxylic acids is 1. The van der Waals surface area contributed by atoms with E-state index in [0.717, 1.165) is 32.0 Å². The Morgan fingerprint density at radius 2 is 1.65 bits per heavy atom. The first kappa shape index (κ1) is 21.5. The molecule has 2 aliphatic heterocycles. The van der Waals surface area contributed by atoms with Crippen LogP contribution in [0.3, 0.4) is 0 Å². The number of amides is 1. The average Bonchev–Trinajstić information content (AvgIpc) is 2.78. The SMILES string of the molecule is Cc1cc(C(F)(F)F)nc(N2CCN(C3CCN(C(=O)c4ccncc4)CC3)CC2)n1. The molecule has 0 radical (unpaired) electrons. The van der Waals surface area contributed by atoms with Gasteiger partial charge >= 0.3 is 6.18 Å². The summed E-state index contributed by atoms with van der Waals surface area (Å²) in [6.07, 6.45) is 0.530. The number of alkyl halides is 3. The quantitative estimate of drug-likeness (QED) is 0.740. The van der Waals surface area contributed by atoms with E-state index in [1.54, 1.807) is 31.5 Å². The number of piperidine rings is 1. The van der Waals surface area contributed by atoms with Crippen molar-refractivity contribution in [2.45, 2.75) is 32.0 Å². The summed E-state index contributed by atoms with van der Waals surface area (Å²) in [7, 11) is 0. The highest BCUT2D eigenvalue weighted by Gasteiger charge is 2.35. The van der Waals surface area contributed by atoms with Gasteiger partial charge in [-0.1, -0.05) is 0 Å². The van der Waals surface area contributed by atoms with Crippen LogP contribution in [-0.2, 0) is 6.18 Å². The normalized spacial score (nSPS) is 19.0. The Morgan fingerprint density at radius 1 is 1.00 bits per heavy atom. The second-order valence-corrected chi connectivity index (χ2v) is 7.97. The first-order valence-electron chi connectivity index (χ1n) is 10.4. The molecule has 2 aromatic heterocycles. The molecule has 31 heavy (non-hydrogen) atoms. The number of pyridine rings is 1. The number of hydrogen-bond donors (Lipinski definition) is 0. The lowest BCUT2D eigenvalue weighted by Crippen LogP contribution is -2.54. The minimum absolute atomic E-state index is 0.0303. The van der Waals surface area contributed by atoms with Gasteiger partial charge in [0.05, 0.1) is 0 Å². The summed E-state index contributed by atoms with van der Waals surface area (Å²) < 4.78 is 39.2. The van der Waals surface area contributed by atoms with Crippen LogP contribution < -0.4 is 4.90 Å². The number of hydrogen-bond acceptors (Lipinski definition) is 6. The predicted molar refractivity (Wildman–Crippen MR) is 109 cm³/mol. The van der Waals surface area contributed by atoms with Gasteiger partial charge in [0.2, 0.25) is 5.95 Å². The molecular formula is C21H25F3N6O. The van der Waals surface area contributed by atoms with Crippen LogP contribution in [0.15, 0.2) is 30.6 Å². The number of aromatic nitrogens is 3. The van der Waals surface area contributed by atoms with E-state index in [1.807, 2.05) is 9.80 Å². The minimum Gasteiger partial charge on any atom is -0.339 e. The zero-order valence-electron chi connectivity index (χ0n) is 17.3. The van der Waals surface area contributed by atoms with Gasteiger partial charge in [-0.3, -0.25) is 14.7 Å². The third kappa shape index (κ3) is 4.95. The summed E-state index contributed by atoms with van der Waals surface area (Å²) in [5, 5.41) is 0. The molecule has 2 aromatic rings. The van der Waals surface area contributed by atoms with Gasteiger partial charge < -0.3 is 9.80 Å². The third-order valence-corrected chi connectivity index (χ3v) is 5.93. The van der Waals surface area contributed by atoms with Crippen molar-refractivity contribution >= 4 is 11.9 Å². The van der Waals surface area contributed by atoms with E-state index in [0.29, 0.717) is 43.5 Å². The molecule has 0 aliphatic carbocycles. The molecule has 0 atom stereocenters. The fourth-order valence-electron chi connectivity index (χ4n) is 4.24. The van der Waals surface area contributed by atoms with Gasteiger partial charge in [0.15, 0.2) is 0 Å². The Hall–Kier alpha value is -2.75. The number of halogens is 3. The second-order valence-electron chi connectivity index (χ2n) is 7.97. The molecule has 0 unspecified atom stereocenters. The van der Waals surface area contributed by atoms with E-state index in [4.69, 9.17) is 0 Å². The summed E-state index contributed by atoms with van der Waals surface area (Å²) in [6.45, 7) is 5.58. The van der Waals surface area contributed by atoms with E-state index in [1.165, 1.54) is 0 Å². The first-order valence-corrected chi connectivity index (χ1v) is 10.4. The van der Waals surface area contributed by atoms with Crippen LogP contribution in [0.1, 0.15) is 34.6 Å². The molecule has 0 bridgehead atoms. The van der Waals surface area contributed by atoms with Gasteiger partial charge in [-0.15, -0.1) is 0 Å². The molecule has 166 valence electrons. The number of piperazine rings is 1. The lowest BCUT2D eigenvalue weighted by atomic mass is 10.0. The Bertz CT molecular complexity index is 907. The lowest BCUT2D eigenvalue weighted by molar-refractivity contribution is -0.141. The molecule has 2 aliphatic rings. The van der Waals surface area contributed by atoms with Gasteiger partial charge in [-0.05, 0) is 38.0 Å². The average molecular weight is 434 g/mol. The van der Waals surface area contributed by atoms with Gasteiger partial charge in [-0.2, -0.15) is 13.2 Å². The molecule has 0 N–H and O–H groups in total. The number of likely N-dealkylation sites (tertiary alicyclic amines) is 1. The fourth-order valence-corrected chi connectivity index (χ4v) is 4.24. The highest BCUT2D eigenvalue weighted by molar-refractivity contribution is 5.94. The molecule has 0 aromatic carbocycles. The zero-order valence-corrected chi connectivity index (χ0v) is 17.3. The number of anilines is 1. The minimum atomic E-state index is -4.48. The van der Waals surface area contributed by atoms with Gasteiger partial charge in [0, 0.05) is 69.0 Å². The van der Waals surface area contributed by atoms with Crippen LogP contribution in [0.5, 0.6) is 0 Å². The van der Waals surface area contributed by atoms with Crippen LogP contribution >= 0.6 is 0 Å². The van der Waals surface area contributed by atoms with Crippen molar-refractivity contribution in [2.75, 3.05) is 44.2 Å². The third-order valence-electron chi connectivity index (χ3n) is 5.93. The predicted octanol–water partition coefficient (Wildman–Crippen LogP) is 2.63. The zero-order chi connectivity index (χ0) is 22.0. The standard InChI is InChI=1S/C21H25F3N6O/c1-15-14-18(21(22,23)24)27-20(26-15)30-12-10-28(11-13-30)17-4-8-29(9-5-17)19(31)16-2-6-25-7-3-16/h2-3,6-7,14,17H,4-5,8-13H2,1H3. The summed E-state index contributed by atoms with van der Waals surface area (Å²) >= 11 is 0. The smallest absolute Gasteiger partial charge is 0.339 e. The van der Waals surface area contributed by atoms with E-state index < -0.39 is 11.9 Å². The van der Waals surface area contributed by atoms with Gasteiger partial charge in [0.25, 0.3) is 5.91 Å². The monoisotopic (exact) mass is 434 g/mol. The number of carbonyl (C=O) groups is 1. The molecule has 0 saturated carbocycles. The van der Waals surface area contributed by atoms with Gasteiger partial charge in [0.1, 0.15) is 5.69 Å². The maximum absolute atomic E-state index is 13.1. The number of aryl methyl sites for hydroxylation is 1. The Morgan fingerprint density at radius 3 is 2.26 bits per heavy atom. The summed E-state index contributed by atoms with van der Waals surface area (Å²) in [5.41, 5.74) is 0.0631. The molecule has 2 saturated heterocycles. The lowest BCUT2D eigenvalue weighted by Gasteiger charge is -2.42. The molecule has 7 nitrogen and oxygen atoms in total. The van der Waals surface area contributed by atoms with E-state index in [-0.39, 0.29) is 11.9 Å². The maximum Gasteiger partial charge on any atom is 0.433 e. The fraction of sp³-hybridized carbons (Fsp3) is 0.524. The Kier molecular flexibility index (Phi) is 6.08. The maximum atomic E-state index is 13.1. The van der Waals surface area contributed by atoms with Crippen molar-refractivity contribution in [3.63, 3.8) is 0 Å². The molecule has 0 spiro atoms. The second kappa shape index (κ2) is 8.78. The molecule has 4 rings (SSSR count). The number of rotatable bonds is 3. The largest absolute Gasteiger partial charge is 0.433 e. The van der Waals surface area contributed by atoms with Crippen molar-refractivity contribution in [3.8, 4) is 0 Å². The van der Waals surface area contributed by atoms with Crippen molar-refractivity contribution in [2.24, 2.45) is 0 Å². The summed E-state index contributed by atoms with van der Waals surface area (Å²) in [6, 6.07) is 4.80.